The average molecular weight is 290 g/mol. The van der Waals surface area contributed by atoms with Crippen LogP contribution in [-0.2, 0) is 16.1 Å². The van der Waals surface area contributed by atoms with Gasteiger partial charge in [0.2, 0.25) is 11.8 Å². The molecule has 4 amide bonds. The van der Waals surface area contributed by atoms with Crippen molar-refractivity contribution in [2.45, 2.75) is 13.0 Å². The van der Waals surface area contributed by atoms with Crippen LogP contribution in [0.5, 0.6) is 0 Å². The summed E-state index contributed by atoms with van der Waals surface area (Å²) in [6, 6.07) is 6.73. The first-order valence-electron chi connectivity index (χ1n) is 6.71. The number of benzene rings is 1. The highest BCUT2D eigenvalue weighted by molar-refractivity contribution is 6.01. The summed E-state index contributed by atoms with van der Waals surface area (Å²) in [6.45, 7) is 0.845. The van der Waals surface area contributed by atoms with Crippen LogP contribution in [0.1, 0.15) is 12.0 Å². The van der Waals surface area contributed by atoms with E-state index in [1.54, 1.807) is 25.2 Å². The fourth-order valence-electron chi connectivity index (χ4n) is 2.01. The lowest BCUT2D eigenvalue weighted by molar-refractivity contribution is -0.125. The lowest BCUT2D eigenvalue weighted by Gasteiger charge is -2.13. The maximum Gasteiger partial charge on any atom is 0.324 e. The van der Waals surface area contributed by atoms with Gasteiger partial charge in [0, 0.05) is 18.7 Å². The number of nitrogens with one attached hydrogen (secondary N) is 3. The average Bonchev–Trinajstić information content (AvgIpc) is 2.77. The van der Waals surface area contributed by atoms with E-state index in [0.29, 0.717) is 18.7 Å². The number of anilines is 1. The highest BCUT2D eigenvalue weighted by Crippen LogP contribution is 2.14. The first kappa shape index (κ1) is 15.0. The van der Waals surface area contributed by atoms with Gasteiger partial charge in [0.25, 0.3) is 0 Å². The van der Waals surface area contributed by atoms with Gasteiger partial charge in [-0.3, -0.25) is 14.5 Å². The Bertz CT molecular complexity index is 543. The third kappa shape index (κ3) is 4.03. The highest BCUT2D eigenvalue weighted by Gasteiger charge is 2.28. The predicted molar refractivity (Wildman–Crippen MR) is 77.6 cm³/mol. The third-order valence-electron chi connectivity index (χ3n) is 3.09. The Morgan fingerprint density at radius 3 is 2.86 bits per heavy atom. The molecule has 0 atom stereocenters. The van der Waals surface area contributed by atoms with E-state index in [0.717, 1.165) is 10.5 Å². The van der Waals surface area contributed by atoms with Crippen molar-refractivity contribution in [3.05, 3.63) is 29.8 Å². The van der Waals surface area contributed by atoms with Crippen LogP contribution in [0.4, 0.5) is 10.5 Å². The van der Waals surface area contributed by atoms with Crippen LogP contribution < -0.4 is 16.0 Å². The van der Waals surface area contributed by atoms with Gasteiger partial charge in [-0.25, -0.2) is 4.79 Å². The predicted octanol–water partition coefficient (Wildman–Crippen LogP) is 0.286. The molecule has 1 aliphatic heterocycles. The molecular weight excluding hydrogens is 272 g/mol. The number of hydrogen-bond donors (Lipinski definition) is 3. The minimum absolute atomic E-state index is 0.0410. The number of carbonyl (C=O) groups excluding carboxylic acids is 3. The summed E-state index contributed by atoms with van der Waals surface area (Å²) in [5.74, 6) is -0.333. The Labute approximate surface area is 122 Å². The Balaban J connectivity index is 1.99. The van der Waals surface area contributed by atoms with Gasteiger partial charge in [0.1, 0.15) is 0 Å². The molecule has 1 fully saturated rings. The molecule has 7 heteroatoms. The van der Waals surface area contributed by atoms with E-state index in [1.807, 2.05) is 6.07 Å². The number of imide groups is 1. The minimum Gasteiger partial charge on any atom is -0.329 e. The zero-order valence-corrected chi connectivity index (χ0v) is 11.8. The maximum atomic E-state index is 11.7. The lowest BCUT2D eigenvalue weighted by Crippen LogP contribution is -2.30. The van der Waals surface area contributed by atoms with Gasteiger partial charge in [-0.1, -0.05) is 12.1 Å². The van der Waals surface area contributed by atoms with E-state index in [-0.39, 0.29) is 30.9 Å². The quantitative estimate of drug-likeness (QED) is 0.657. The van der Waals surface area contributed by atoms with Crippen LogP contribution in [0, 0.1) is 0 Å². The number of hydrogen-bond acceptors (Lipinski definition) is 4. The molecule has 2 rings (SSSR count). The largest absolute Gasteiger partial charge is 0.329 e. The van der Waals surface area contributed by atoms with Gasteiger partial charge in [-0.2, -0.15) is 0 Å². The van der Waals surface area contributed by atoms with Crippen LogP contribution >= 0.6 is 0 Å². The summed E-state index contributed by atoms with van der Waals surface area (Å²) in [5.41, 5.74) is 1.44. The van der Waals surface area contributed by atoms with Crippen LogP contribution in [0.25, 0.3) is 0 Å². The third-order valence-corrected chi connectivity index (χ3v) is 3.09. The molecule has 7 nitrogen and oxygen atoms in total. The van der Waals surface area contributed by atoms with Gasteiger partial charge in [-0.15, -0.1) is 0 Å². The van der Waals surface area contributed by atoms with E-state index in [2.05, 4.69) is 16.0 Å². The molecule has 0 spiro atoms. The van der Waals surface area contributed by atoms with Gasteiger partial charge in [0.05, 0.1) is 13.1 Å². The summed E-state index contributed by atoms with van der Waals surface area (Å²) in [4.78, 5) is 35.8. The monoisotopic (exact) mass is 290 g/mol. The Morgan fingerprint density at radius 2 is 2.19 bits per heavy atom. The van der Waals surface area contributed by atoms with Crippen LogP contribution in [0.15, 0.2) is 24.3 Å². The number of nitrogens with zero attached hydrogens (tertiary/aromatic N) is 1. The SMILES string of the molecule is CNCCC(=O)Nc1cccc(CN2C(=O)CNC2=O)c1. The summed E-state index contributed by atoms with van der Waals surface area (Å²) in [5, 5.41) is 8.16. The molecule has 1 aliphatic rings. The highest BCUT2D eigenvalue weighted by atomic mass is 16.2. The van der Waals surface area contributed by atoms with Crippen molar-refractivity contribution in [3.8, 4) is 0 Å². The van der Waals surface area contributed by atoms with Gasteiger partial charge in [-0.05, 0) is 24.7 Å². The molecule has 3 N–H and O–H groups in total. The van der Waals surface area contributed by atoms with Gasteiger partial charge >= 0.3 is 6.03 Å². The van der Waals surface area contributed by atoms with E-state index in [9.17, 15) is 14.4 Å². The summed E-state index contributed by atoms with van der Waals surface area (Å²) in [7, 11) is 1.78. The molecule has 21 heavy (non-hydrogen) atoms. The van der Waals surface area contributed by atoms with Crippen molar-refractivity contribution in [2.75, 3.05) is 25.5 Å². The van der Waals surface area contributed by atoms with Crippen molar-refractivity contribution in [1.82, 2.24) is 15.5 Å². The van der Waals surface area contributed by atoms with E-state index in [1.165, 1.54) is 0 Å². The lowest BCUT2D eigenvalue weighted by atomic mass is 10.2. The van der Waals surface area contributed by atoms with Crippen LogP contribution in [0.2, 0.25) is 0 Å². The van der Waals surface area contributed by atoms with Crippen LogP contribution in [0.3, 0.4) is 0 Å². The van der Waals surface area contributed by atoms with E-state index >= 15 is 0 Å². The molecule has 0 bridgehead atoms. The molecular formula is C14H18N4O3. The normalized spacial score (nSPS) is 14.2. The molecule has 0 aliphatic carbocycles. The van der Waals surface area contributed by atoms with Crippen molar-refractivity contribution < 1.29 is 14.4 Å². The summed E-state index contributed by atoms with van der Waals surface area (Å²) >= 11 is 0. The fraction of sp³-hybridized carbons (Fsp3) is 0.357. The zero-order valence-electron chi connectivity index (χ0n) is 11.8. The number of carbonyl (C=O) groups is 3. The van der Waals surface area contributed by atoms with E-state index in [4.69, 9.17) is 0 Å². The molecule has 0 saturated carbocycles. The topological polar surface area (TPSA) is 90.5 Å². The van der Waals surface area contributed by atoms with Crippen molar-refractivity contribution in [2.24, 2.45) is 0 Å². The van der Waals surface area contributed by atoms with Crippen molar-refractivity contribution in [3.63, 3.8) is 0 Å². The smallest absolute Gasteiger partial charge is 0.324 e. The Hall–Kier alpha value is -2.41. The van der Waals surface area contributed by atoms with Gasteiger partial charge < -0.3 is 16.0 Å². The molecule has 1 heterocycles. The molecule has 0 unspecified atom stereocenters. The number of amides is 4. The second kappa shape index (κ2) is 6.85. The second-order valence-electron chi connectivity index (χ2n) is 4.74. The number of urea groups is 1. The second-order valence-corrected chi connectivity index (χ2v) is 4.74. The number of rotatable bonds is 6. The molecule has 0 aromatic heterocycles. The summed E-state index contributed by atoms with van der Waals surface area (Å²) in [6.07, 6.45) is 0.383. The molecule has 1 saturated heterocycles. The molecule has 0 radical (unpaired) electrons. The van der Waals surface area contributed by atoms with Crippen LogP contribution in [-0.4, -0.2) is 42.9 Å². The minimum atomic E-state index is -0.386. The maximum absolute atomic E-state index is 11.7. The van der Waals surface area contributed by atoms with Crippen molar-refractivity contribution >= 4 is 23.5 Å². The van der Waals surface area contributed by atoms with E-state index < -0.39 is 0 Å². The molecule has 1 aromatic carbocycles. The summed E-state index contributed by atoms with van der Waals surface area (Å²) < 4.78 is 0. The molecule has 1 aromatic rings. The zero-order chi connectivity index (χ0) is 15.2. The first-order chi connectivity index (χ1) is 10.1. The van der Waals surface area contributed by atoms with Gasteiger partial charge in [0.15, 0.2) is 0 Å². The Morgan fingerprint density at radius 1 is 1.38 bits per heavy atom. The van der Waals surface area contributed by atoms with Crippen molar-refractivity contribution in [1.29, 1.82) is 0 Å². The first-order valence-corrected chi connectivity index (χ1v) is 6.71. The Kier molecular flexibility index (Phi) is 4.89. The fourth-order valence-corrected chi connectivity index (χ4v) is 2.01. The standard InChI is InChI=1S/C14H18N4O3/c1-15-6-5-12(19)17-11-4-2-3-10(7-11)9-18-13(20)8-16-14(18)21/h2-4,7,15H,5-6,8-9H2,1H3,(H,16,21)(H,17,19). The molecule has 112 valence electrons.